The maximum absolute atomic E-state index is 13.0. The van der Waals surface area contributed by atoms with E-state index in [9.17, 15) is 4.79 Å². The van der Waals surface area contributed by atoms with Crippen molar-refractivity contribution >= 4 is 5.91 Å². The molecule has 3 rings (SSSR count). The van der Waals surface area contributed by atoms with Crippen molar-refractivity contribution in [1.29, 1.82) is 0 Å². The van der Waals surface area contributed by atoms with E-state index < -0.39 is 0 Å². The lowest BCUT2D eigenvalue weighted by Gasteiger charge is -2.37. The molecule has 2 aliphatic rings. The van der Waals surface area contributed by atoms with E-state index in [1.165, 1.54) is 31.2 Å². The van der Waals surface area contributed by atoms with Crippen LogP contribution in [0, 0.1) is 12.8 Å². The van der Waals surface area contributed by atoms with Crippen LogP contribution in [0.3, 0.4) is 0 Å². The summed E-state index contributed by atoms with van der Waals surface area (Å²) in [6.07, 6.45) is 7.26. The van der Waals surface area contributed by atoms with E-state index in [1.54, 1.807) is 0 Å². The zero-order valence-electron chi connectivity index (χ0n) is 14.6. The van der Waals surface area contributed by atoms with Gasteiger partial charge in [-0.2, -0.15) is 0 Å². The van der Waals surface area contributed by atoms with E-state index in [0.717, 1.165) is 31.5 Å². The van der Waals surface area contributed by atoms with Crippen molar-refractivity contribution in [2.75, 3.05) is 13.1 Å². The highest BCUT2D eigenvalue weighted by atomic mass is 16.2. The molecule has 1 amide bonds. The van der Waals surface area contributed by atoms with Crippen molar-refractivity contribution in [3.05, 3.63) is 35.4 Å². The first-order valence-corrected chi connectivity index (χ1v) is 9.24. The largest absolute Gasteiger partial charge is 0.352 e. The maximum Gasteiger partial charge on any atom is 0.242 e. The third-order valence-electron chi connectivity index (χ3n) is 5.40. The van der Waals surface area contributed by atoms with E-state index in [2.05, 4.69) is 48.3 Å². The Morgan fingerprint density at radius 3 is 2.48 bits per heavy atom. The van der Waals surface area contributed by atoms with Crippen molar-refractivity contribution < 1.29 is 4.79 Å². The van der Waals surface area contributed by atoms with Crippen LogP contribution in [0.15, 0.2) is 24.3 Å². The molecule has 1 aliphatic heterocycles. The molecule has 0 radical (unpaired) electrons. The lowest BCUT2D eigenvalue weighted by molar-refractivity contribution is -0.128. The lowest BCUT2D eigenvalue weighted by atomic mass is 9.95. The van der Waals surface area contributed by atoms with Gasteiger partial charge in [-0.05, 0) is 50.6 Å². The summed E-state index contributed by atoms with van der Waals surface area (Å²) in [6.45, 7) is 6.45. The number of benzene rings is 1. The van der Waals surface area contributed by atoms with Crippen molar-refractivity contribution in [2.45, 2.75) is 64.5 Å². The molecule has 0 aromatic heterocycles. The van der Waals surface area contributed by atoms with E-state index in [4.69, 9.17) is 0 Å². The van der Waals surface area contributed by atoms with Crippen LogP contribution in [-0.4, -0.2) is 29.9 Å². The number of piperidine rings is 1. The van der Waals surface area contributed by atoms with Crippen molar-refractivity contribution in [2.24, 2.45) is 5.92 Å². The third-order valence-corrected chi connectivity index (χ3v) is 5.40. The van der Waals surface area contributed by atoms with Gasteiger partial charge in [-0.3, -0.25) is 9.69 Å². The molecule has 1 aliphatic carbocycles. The fraction of sp³-hybridized carbons (Fsp3) is 0.650. The van der Waals surface area contributed by atoms with Gasteiger partial charge in [0.2, 0.25) is 5.91 Å². The number of hydrogen-bond acceptors (Lipinski definition) is 2. The first kappa shape index (κ1) is 16.5. The molecule has 2 atom stereocenters. The molecule has 126 valence electrons. The van der Waals surface area contributed by atoms with Gasteiger partial charge in [0.15, 0.2) is 0 Å². The van der Waals surface area contributed by atoms with Crippen LogP contribution in [0.4, 0.5) is 0 Å². The van der Waals surface area contributed by atoms with Gasteiger partial charge >= 0.3 is 0 Å². The average Bonchev–Trinajstić information content (AvgIpc) is 3.02. The fourth-order valence-corrected chi connectivity index (χ4v) is 4.09. The summed E-state index contributed by atoms with van der Waals surface area (Å²) in [6, 6.07) is 8.77. The summed E-state index contributed by atoms with van der Waals surface area (Å²) in [5.41, 5.74) is 2.39. The smallest absolute Gasteiger partial charge is 0.242 e. The van der Waals surface area contributed by atoms with Gasteiger partial charge in [0.05, 0.1) is 0 Å². The second-order valence-electron chi connectivity index (χ2n) is 7.55. The zero-order chi connectivity index (χ0) is 16.2. The SMILES string of the molecule is Cc1ccc([C@H](C(=O)NC2CCCC2)N2CCC[C@@H](C)C2)cc1. The lowest BCUT2D eigenvalue weighted by Crippen LogP contribution is -2.46. The minimum atomic E-state index is -0.126. The number of nitrogens with one attached hydrogen (secondary N) is 1. The standard InChI is InChI=1S/C20H30N2O/c1-15-9-11-17(12-10-15)19(22-13-5-6-16(2)14-22)20(23)21-18-7-3-4-8-18/h9-12,16,18-19H,3-8,13-14H2,1-2H3,(H,21,23)/t16-,19-/m1/s1. The molecule has 3 nitrogen and oxygen atoms in total. The highest BCUT2D eigenvalue weighted by Crippen LogP contribution is 2.28. The summed E-state index contributed by atoms with van der Waals surface area (Å²) in [5, 5.41) is 3.32. The fourth-order valence-electron chi connectivity index (χ4n) is 4.09. The third kappa shape index (κ3) is 4.14. The molecular weight excluding hydrogens is 284 g/mol. The minimum absolute atomic E-state index is 0.126. The van der Waals surface area contributed by atoms with Gasteiger partial charge in [-0.25, -0.2) is 0 Å². The quantitative estimate of drug-likeness (QED) is 0.916. The molecule has 0 bridgehead atoms. The van der Waals surface area contributed by atoms with Crippen molar-refractivity contribution in [3.63, 3.8) is 0 Å². The molecule has 1 saturated carbocycles. The van der Waals surface area contributed by atoms with Crippen molar-refractivity contribution in [1.82, 2.24) is 10.2 Å². The highest BCUT2D eigenvalue weighted by Gasteiger charge is 2.32. The summed E-state index contributed by atoms with van der Waals surface area (Å²) >= 11 is 0. The van der Waals surface area contributed by atoms with E-state index in [-0.39, 0.29) is 11.9 Å². The Kier molecular flexibility index (Phi) is 5.37. The maximum atomic E-state index is 13.0. The van der Waals surface area contributed by atoms with Crippen LogP contribution in [0.25, 0.3) is 0 Å². The number of likely N-dealkylation sites (tertiary alicyclic amines) is 1. The Bertz CT molecular complexity index is 519. The predicted octanol–water partition coefficient (Wildman–Crippen LogP) is 3.83. The normalized spacial score (nSPS) is 24.5. The molecule has 1 heterocycles. The Labute approximate surface area is 140 Å². The predicted molar refractivity (Wildman–Crippen MR) is 94.3 cm³/mol. The summed E-state index contributed by atoms with van der Waals surface area (Å²) in [4.78, 5) is 15.4. The summed E-state index contributed by atoms with van der Waals surface area (Å²) < 4.78 is 0. The molecule has 2 fully saturated rings. The van der Waals surface area contributed by atoms with E-state index in [1.807, 2.05) is 0 Å². The molecule has 1 N–H and O–H groups in total. The minimum Gasteiger partial charge on any atom is -0.352 e. The van der Waals surface area contributed by atoms with Crippen LogP contribution in [0.2, 0.25) is 0 Å². The zero-order valence-corrected chi connectivity index (χ0v) is 14.6. The van der Waals surface area contributed by atoms with Crippen LogP contribution in [0.5, 0.6) is 0 Å². The van der Waals surface area contributed by atoms with E-state index >= 15 is 0 Å². The Hall–Kier alpha value is -1.35. The first-order valence-electron chi connectivity index (χ1n) is 9.24. The van der Waals surface area contributed by atoms with Crippen LogP contribution < -0.4 is 5.32 Å². The number of nitrogens with zero attached hydrogens (tertiary/aromatic N) is 1. The van der Waals surface area contributed by atoms with Gasteiger partial charge in [0.25, 0.3) is 0 Å². The van der Waals surface area contributed by atoms with Gasteiger partial charge < -0.3 is 5.32 Å². The number of hydrogen-bond donors (Lipinski definition) is 1. The van der Waals surface area contributed by atoms with Gasteiger partial charge in [-0.15, -0.1) is 0 Å². The average molecular weight is 314 g/mol. The molecule has 23 heavy (non-hydrogen) atoms. The number of rotatable bonds is 4. The molecule has 0 spiro atoms. The Morgan fingerprint density at radius 1 is 1.13 bits per heavy atom. The van der Waals surface area contributed by atoms with Gasteiger partial charge in [0.1, 0.15) is 6.04 Å². The van der Waals surface area contributed by atoms with Crippen LogP contribution in [0.1, 0.15) is 62.6 Å². The topological polar surface area (TPSA) is 32.3 Å². The molecule has 1 aromatic rings. The van der Waals surface area contributed by atoms with E-state index in [0.29, 0.717) is 12.0 Å². The first-order chi connectivity index (χ1) is 11.1. The van der Waals surface area contributed by atoms with Crippen LogP contribution >= 0.6 is 0 Å². The Morgan fingerprint density at radius 2 is 1.83 bits per heavy atom. The second-order valence-corrected chi connectivity index (χ2v) is 7.55. The molecular formula is C20H30N2O. The summed E-state index contributed by atoms with van der Waals surface area (Å²) in [7, 11) is 0. The number of carbonyl (C=O) groups excluding carboxylic acids is 1. The van der Waals surface area contributed by atoms with Crippen molar-refractivity contribution in [3.8, 4) is 0 Å². The number of aryl methyl sites for hydroxylation is 1. The van der Waals surface area contributed by atoms with Gasteiger partial charge in [-0.1, -0.05) is 49.6 Å². The van der Waals surface area contributed by atoms with Crippen LogP contribution in [-0.2, 0) is 4.79 Å². The molecule has 1 aromatic carbocycles. The highest BCUT2D eigenvalue weighted by molar-refractivity contribution is 5.83. The van der Waals surface area contributed by atoms with Gasteiger partial charge in [0, 0.05) is 12.6 Å². The molecule has 0 unspecified atom stereocenters. The number of amides is 1. The number of carbonyl (C=O) groups is 1. The monoisotopic (exact) mass is 314 g/mol. The molecule has 3 heteroatoms. The Balaban J connectivity index is 1.79. The second kappa shape index (κ2) is 7.48. The summed E-state index contributed by atoms with van der Waals surface area (Å²) in [5.74, 6) is 0.880. The molecule has 1 saturated heterocycles.